The Morgan fingerprint density at radius 1 is 1.29 bits per heavy atom. The van der Waals surface area contributed by atoms with E-state index in [1.807, 2.05) is 42.8 Å². The molecule has 1 N–H and O–H groups in total. The molecule has 3 aromatic rings. The predicted octanol–water partition coefficient (Wildman–Crippen LogP) is 3.14. The van der Waals surface area contributed by atoms with Gasteiger partial charge in [0.05, 0.1) is 6.04 Å². The van der Waals surface area contributed by atoms with Gasteiger partial charge in [-0.15, -0.1) is 5.10 Å². The zero-order valence-corrected chi connectivity index (χ0v) is 16.0. The van der Waals surface area contributed by atoms with Gasteiger partial charge < -0.3 is 9.84 Å². The highest BCUT2D eigenvalue weighted by atomic mass is 16.5. The number of nitrogens with one attached hydrogen (secondary N) is 1. The molecule has 1 aliphatic carbocycles. The van der Waals surface area contributed by atoms with Gasteiger partial charge in [0.2, 0.25) is 11.8 Å². The maximum atomic E-state index is 12.2. The predicted molar refractivity (Wildman–Crippen MR) is 101 cm³/mol. The molecule has 4 rings (SSSR count). The quantitative estimate of drug-likeness (QED) is 0.638. The largest absolute Gasteiger partial charge is 0.339 e. The van der Waals surface area contributed by atoms with Crippen LogP contribution >= 0.6 is 0 Å². The highest BCUT2D eigenvalue weighted by molar-refractivity contribution is 5.90. The lowest BCUT2D eigenvalue weighted by atomic mass is 10.2. The maximum absolute atomic E-state index is 12.2. The van der Waals surface area contributed by atoms with Gasteiger partial charge in [-0.3, -0.25) is 4.79 Å². The third-order valence-electron chi connectivity index (χ3n) is 4.61. The number of nitrogens with zero attached hydrogens (tertiary/aromatic N) is 6. The van der Waals surface area contributed by atoms with Crippen LogP contribution in [0.5, 0.6) is 0 Å². The number of anilines is 1. The number of carbonyl (C=O) groups is 1. The molecule has 0 bridgehead atoms. The molecule has 1 fully saturated rings. The molecule has 0 saturated heterocycles. The summed E-state index contributed by atoms with van der Waals surface area (Å²) < 4.78 is 7.07. The second-order valence-corrected chi connectivity index (χ2v) is 7.36. The van der Waals surface area contributed by atoms with Crippen molar-refractivity contribution in [2.24, 2.45) is 0 Å². The molecule has 1 amide bonds. The molecule has 9 heteroatoms. The Bertz CT molecular complexity index is 941. The van der Waals surface area contributed by atoms with E-state index in [1.165, 1.54) is 0 Å². The molecule has 2 heterocycles. The van der Waals surface area contributed by atoms with Gasteiger partial charge in [-0.2, -0.15) is 4.98 Å². The molecule has 0 atom stereocenters. The fourth-order valence-electron chi connectivity index (χ4n) is 2.88. The highest BCUT2D eigenvalue weighted by Gasteiger charge is 2.28. The van der Waals surface area contributed by atoms with Gasteiger partial charge in [0.25, 0.3) is 0 Å². The van der Waals surface area contributed by atoms with Crippen LogP contribution in [0.1, 0.15) is 63.2 Å². The fourth-order valence-corrected chi connectivity index (χ4v) is 2.88. The van der Waals surface area contributed by atoms with Crippen LogP contribution in [0.4, 0.5) is 5.69 Å². The Kier molecular flexibility index (Phi) is 5.14. The summed E-state index contributed by atoms with van der Waals surface area (Å²) in [7, 11) is 0. The first-order valence-corrected chi connectivity index (χ1v) is 9.61. The van der Waals surface area contributed by atoms with Gasteiger partial charge >= 0.3 is 0 Å². The number of rotatable bonds is 8. The summed E-state index contributed by atoms with van der Waals surface area (Å²) in [6.45, 7) is 4.03. The van der Waals surface area contributed by atoms with Gasteiger partial charge in [-0.1, -0.05) is 19.0 Å². The van der Waals surface area contributed by atoms with Crippen LogP contribution in [-0.4, -0.2) is 36.3 Å². The molecule has 1 saturated carbocycles. The summed E-state index contributed by atoms with van der Waals surface area (Å²) in [5.41, 5.74) is 1.69. The van der Waals surface area contributed by atoms with Crippen molar-refractivity contribution in [3.8, 4) is 11.4 Å². The monoisotopic (exact) mass is 381 g/mol. The molecule has 28 heavy (non-hydrogen) atoms. The first-order valence-electron chi connectivity index (χ1n) is 9.61. The lowest BCUT2D eigenvalue weighted by Crippen LogP contribution is -2.11. The Balaban J connectivity index is 1.28. The molecule has 1 aliphatic rings. The third kappa shape index (κ3) is 4.24. The third-order valence-corrected chi connectivity index (χ3v) is 4.61. The SMILES string of the molecule is CC(C)c1noc(CCCC(=O)Nc2ccc(-c3nnnn3C3CC3)cc2)n1. The van der Waals surface area contributed by atoms with Gasteiger partial charge in [0.1, 0.15) is 0 Å². The Morgan fingerprint density at radius 2 is 2.07 bits per heavy atom. The molecule has 0 radical (unpaired) electrons. The molecule has 146 valence electrons. The van der Waals surface area contributed by atoms with Crippen molar-refractivity contribution in [1.82, 2.24) is 30.3 Å². The van der Waals surface area contributed by atoms with Crippen molar-refractivity contribution in [2.75, 3.05) is 5.32 Å². The number of hydrogen-bond donors (Lipinski definition) is 1. The Labute approximate surface area is 162 Å². The molecule has 0 aliphatic heterocycles. The van der Waals surface area contributed by atoms with Crippen molar-refractivity contribution < 1.29 is 9.32 Å². The van der Waals surface area contributed by atoms with E-state index in [0.717, 1.165) is 29.9 Å². The second kappa shape index (κ2) is 7.87. The first-order chi connectivity index (χ1) is 13.6. The van der Waals surface area contributed by atoms with Gasteiger partial charge in [-0.25, -0.2) is 4.68 Å². The molecule has 0 unspecified atom stereocenters. The lowest BCUT2D eigenvalue weighted by Gasteiger charge is -2.06. The number of aryl methyl sites for hydroxylation is 1. The fraction of sp³-hybridized carbons (Fsp3) is 0.474. The molecule has 1 aromatic carbocycles. The highest BCUT2D eigenvalue weighted by Crippen LogP contribution is 2.36. The number of carbonyl (C=O) groups excluding carboxylic acids is 1. The van der Waals surface area contributed by atoms with E-state index in [2.05, 4.69) is 31.0 Å². The number of tetrazole rings is 1. The molecular weight excluding hydrogens is 358 g/mol. The van der Waals surface area contributed by atoms with Crippen LogP contribution in [0.2, 0.25) is 0 Å². The molecular formula is C19H23N7O2. The minimum atomic E-state index is -0.0424. The average Bonchev–Trinajstić information content (AvgIpc) is 3.21. The molecule has 2 aromatic heterocycles. The van der Waals surface area contributed by atoms with Crippen LogP contribution < -0.4 is 5.32 Å². The van der Waals surface area contributed by atoms with E-state index in [-0.39, 0.29) is 11.8 Å². The summed E-state index contributed by atoms with van der Waals surface area (Å²) in [6, 6.07) is 8.00. The van der Waals surface area contributed by atoms with E-state index in [9.17, 15) is 4.79 Å². The molecule has 0 spiro atoms. The summed E-state index contributed by atoms with van der Waals surface area (Å²) in [6.07, 6.45) is 3.87. The number of hydrogen-bond acceptors (Lipinski definition) is 7. The van der Waals surface area contributed by atoms with Gasteiger partial charge in [-0.05, 0) is 54.0 Å². The van der Waals surface area contributed by atoms with Crippen molar-refractivity contribution in [3.05, 3.63) is 36.0 Å². The zero-order valence-electron chi connectivity index (χ0n) is 16.0. The topological polar surface area (TPSA) is 112 Å². The smallest absolute Gasteiger partial charge is 0.226 e. The van der Waals surface area contributed by atoms with Gasteiger partial charge in [0, 0.05) is 30.0 Å². The molecule has 9 nitrogen and oxygen atoms in total. The first kappa shape index (κ1) is 18.3. The van der Waals surface area contributed by atoms with Crippen molar-refractivity contribution >= 4 is 11.6 Å². The van der Waals surface area contributed by atoms with Crippen molar-refractivity contribution in [2.45, 2.75) is 57.9 Å². The average molecular weight is 381 g/mol. The van der Waals surface area contributed by atoms with E-state index in [0.29, 0.717) is 37.0 Å². The minimum absolute atomic E-state index is 0.0424. The number of aromatic nitrogens is 6. The van der Waals surface area contributed by atoms with Crippen LogP contribution in [0.3, 0.4) is 0 Å². The number of benzene rings is 1. The van der Waals surface area contributed by atoms with Gasteiger partial charge in [0.15, 0.2) is 11.6 Å². The lowest BCUT2D eigenvalue weighted by molar-refractivity contribution is -0.116. The van der Waals surface area contributed by atoms with Crippen LogP contribution in [-0.2, 0) is 11.2 Å². The Hall–Kier alpha value is -3.10. The van der Waals surface area contributed by atoms with Crippen molar-refractivity contribution in [1.29, 1.82) is 0 Å². The minimum Gasteiger partial charge on any atom is -0.339 e. The second-order valence-electron chi connectivity index (χ2n) is 7.36. The van der Waals surface area contributed by atoms with E-state index in [1.54, 1.807) is 0 Å². The standard InChI is InChI=1S/C19H23N7O2/c1-12(2)18-21-17(28-23-18)5-3-4-16(27)20-14-8-6-13(7-9-14)19-22-24-25-26(19)15-10-11-15/h6-9,12,15H,3-5,10-11H2,1-2H3,(H,20,27). The van der Waals surface area contributed by atoms with Crippen LogP contribution in [0.25, 0.3) is 11.4 Å². The summed E-state index contributed by atoms with van der Waals surface area (Å²) >= 11 is 0. The van der Waals surface area contributed by atoms with Crippen molar-refractivity contribution in [3.63, 3.8) is 0 Å². The maximum Gasteiger partial charge on any atom is 0.226 e. The van der Waals surface area contributed by atoms with Crippen LogP contribution in [0, 0.1) is 0 Å². The normalized spacial score (nSPS) is 13.8. The zero-order chi connectivity index (χ0) is 19.5. The van der Waals surface area contributed by atoms with E-state index < -0.39 is 0 Å². The van der Waals surface area contributed by atoms with Crippen LogP contribution in [0.15, 0.2) is 28.8 Å². The Morgan fingerprint density at radius 3 is 2.75 bits per heavy atom. The van der Waals surface area contributed by atoms with E-state index >= 15 is 0 Å². The summed E-state index contributed by atoms with van der Waals surface area (Å²) in [5, 5.41) is 18.8. The summed E-state index contributed by atoms with van der Waals surface area (Å²) in [5.74, 6) is 2.24. The summed E-state index contributed by atoms with van der Waals surface area (Å²) in [4.78, 5) is 16.5. The number of amides is 1. The van der Waals surface area contributed by atoms with E-state index in [4.69, 9.17) is 4.52 Å².